The van der Waals surface area contributed by atoms with Crippen LogP contribution in [0.25, 0.3) is 10.9 Å². The lowest BCUT2D eigenvalue weighted by Crippen LogP contribution is -2.15. The number of rotatable bonds is 5. The first-order valence-corrected chi connectivity index (χ1v) is 9.69. The van der Waals surface area contributed by atoms with Crippen LogP contribution in [0, 0.1) is 6.92 Å². The number of aromatic nitrogens is 1. The predicted octanol–water partition coefficient (Wildman–Crippen LogP) is 5.04. The van der Waals surface area contributed by atoms with E-state index in [2.05, 4.69) is 41.1 Å². The Kier molecular flexibility index (Phi) is 5.35. The minimum absolute atomic E-state index is 0.273. The van der Waals surface area contributed by atoms with Gasteiger partial charge in [-0.1, -0.05) is 60.2 Å². The number of ether oxygens (including phenoxy) is 1. The Labute approximate surface area is 174 Å². The molecule has 0 aliphatic heterocycles. The van der Waals surface area contributed by atoms with Crippen LogP contribution in [0.5, 0.6) is 0 Å². The van der Waals surface area contributed by atoms with Gasteiger partial charge in [0, 0.05) is 23.6 Å². The third-order valence-electron chi connectivity index (χ3n) is 5.09. The van der Waals surface area contributed by atoms with Gasteiger partial charge in [-0.2, -0.15) is 0 Å². The third-order valence-corrected chi connectivity index (χ3v) is 5.09. The van der Waals surface area contributed by atoms with Gasteiger partial charge in [0.1, 0.15) is 0 Å². The molecule has 0 saturated heterocycles. The van der Waals surface area contributed by atoms with Crippen LogP contribution in [0.4, 0.5) is 5.69 Å². The van der Waals surface area contributed by atoms with Crippen molar-refractivity contribution in [2.24, 2.45) is 0 Å². The average Bonchev–Trinajstić information content (AvgIpc) is 3.14. The predicted molar refractivity (Wildman–Crippen MR) is 118 cm³/mol. The summed E-state index contributed by atoms with van der Waals surface area (Å²) in [6.45, 7) is 2.72. The molecule has 1 N–H and O–H groups in total. The number of anilines is 1. The maximum atomic E-state index is 13.1. The molecule has 30 heavy (non-hydrogen) atoms. The molecule has 4 rings (SSSR count). The molecule has 0 bridgehead atoms. The maximum Gasteiger partial charge on any atom is 0.339 e. The summed E-state index contributed by atoms with van der Waals surface area (Å²) in [5.74, 6) is -0.766. The van der Waals surface area contributed by atoms with Crippen LogP contribution in [0.15, 0.2) is 79.0 Å². The van der Waals surface area contributed by atoms with Crippen molar-refractivity contribution >= 4 is 28.5 Å². The number of fused-ring (bicyclic) bond motifs is 1. The monoisotopic (exact) mass is 398 g/mol. The Morgan fingerprint density at radius 2 is 1.60 bits per heavy atom. The van der Waals surface area contributed by atoms with Gasteiger partial charge in [-0.3, -0.25) is 4.79 Å². The van der Waals surface area contributed by atoms with Crippen molar-refractivity contribution in [3.8, 4) is 0 Å². The smallest absolute Gasteiger partial charge is 0.339 e. The number of para-hydroxylation sites is 2. The minimum Gasteiger partial charge on any atom is -0.465 e. The Morgan fingerprint density at radius 3 is 2.37 bits per heavy atom. The summed E-state index contributed by atoms with van der Waals surface area (Å²) in [5, 5.41) is 3.72. The number of nitrogens with zero attached hydrogens (tertiary/aromatic N) is 1. The number of nitrogens with one attached hydrogen (secondary N) is 1. The van der Waals surface area contributed by atoms with Crippen LogP contribution in [0.3, 0.4) is 0 Å². The summed E-state index contributed by atoms with van der Waals surface area (Å²) in [7, 11) is 1.32. The van der Waals surface area contributed by atoms with Crippen LogP contribution in [-0.4, -0.2) is 23.6 Å². The Balaban J connectivity index is 1.69. The molecule has 1 amide bonds. The zero-order valence-electron chi connectivity index (χ0n) is 16.9. The second-order valence-corrected chi connectivity index (χ2v) is 7.16. The van der Waals surface area contributed by atoms with Crippen LogP contribution >= 0.6 is 0 Å². The Morgan fingerprint density at radius 1 is 0.900 bits per heavy atom. The number of carbonyl (C=O) groups excluding carboxylic acids is 2. The molecule has 0 fully saturated rings. The average molecular weight is 398 g/mol. The van der Waals surface area contributed by atoms with Gasteiger partial charge in [-0.25, -0.2) is 4.79 Å². The van der Waals surface area contributed by atoms with E-state index in [-0.39, 0.29) is 5.91 Å². The highest BCUT2D eigenvalue weighted by atomic mass is 16.5. The van der Waals surface area contributed by atoms with Gasteiger partial charge in [0.25, 0.3) is 5.91 Å². The first-order valence-electron chi connectivity index (χ1n) is 9.69. The largest absolute Gasteiger partial charge is 0.465 e. The van der Waals surface area contributed by atoms with E-state index in [9.17, 15) is 9.59 Å². The number of methoxy groups -OCH3 is 1. The van der Waals surface area contributed by atoms with E-state index in [1.165, 1.54) is 12.7 Å². The lowest BCUT2D eigenvalue weighted by molar-refractivity contribution is 0.0602. The van der Waals surface area contributed by atoms with Crippen molar-refractivity contribution in [2.75, 3.05) is 12.4 Å². The third kappa shape index (κ3) is 3.82. The highest BCUT2D eigenvalue weighted by molar-refractivity contribution is 6.14. The van der Waals surface area contributed by atoms with E-state index in [1.807, 2.05) is 30.5 Å². The first-order chi connectivity index (χ1) is 14.6. The first kappa shape index (κ1) is 19.5. The highest BCUT2D eigenvalue weighted by Crippen LogP contribution is 2.25. The summed E-state index contributed by atoms with van der Waals surface area (Å²) >= 11 is 0. The van der Waals surface area contributed by atoms with Crippen molar-refractivity contribution in [2.45, 2.75) is 13.5 Å². The van der Waals surface area contributed by atoms with E-state index in [0.29, 0.717) is 23.4 Å². The summed E-state index contributed by atoms with van der Waals surface area (Å²) < 4.78 is 6.89. The molecule has 0 atom stereocenters. The molecule has 0 aliphatic carbocycles. The van der Waals surface area contributed by atoms with Gasteiger partial charge in [-0.15, -0.1) is 0 Å². The zero-order chi connectivity index (χ0) is 21.1. The van der Waals surface area contributed by atoms with Crippen molar-refractivity contribution in [1.29, 1.82) is 0 Å². The molecular weight excluding hydrogens is 376 g/mol. The van der Waals surface area contributed by atoms with Gasteiger partial charge in [0.05, 0.1) is 23.9 Å². The molecule has 0 radical (unpaired) electrons. The fraction of sp³-hybridized carbons (Fsp3) is 0.120. The lowest BCUT2D eigenvalue weighted by Gasteiger charge is -2.09. The fourth-order valence-electron chi connectivity index (χ4n) is 3.52. The van der Waals surface area contributed by atoms with Gasteiger partial charge in [-0.05, 0) is 30.7 Å². The molecule has 0 saturated carbocycles. The van der Waals surface area contributed by atoms with Crippen LogP contribution in [0.2, 0.25) is 0 Å². The molecule has 5 heteroatoms. The molecule has 3 aromatic carbocycles. The standard InChI is InChI=1S/C25H22N2O3/c1-17-11-13-18(14-12-17)15-27-16-21(19-7-4-6-10-23(19)27)24(28)26-22-9-5-3-8-20(22)25(29)30-2/h3-14,16H,15H2,1-2H3,(H,26,28). The van der Waals surface area contributed by atoms with Crippen LogP contribution in [0.1, 0.15) is 31.8 Å². The van der Waals surface area contributed by atoms with Crippen molar-refractivity contribution < 1.29 is 14.3 Å². The highest BCUT2D eigenvalue weighted by Gasteiger charge is 2.18. The summed E-state index contributed by atoms with van der Waals surface area (Å²) in [5.41, 5.74) is 4.63. The number of carbonyl (C=O) groups is 2. The van der Waals surface area contributed by atoms with E-state index >= 15 is 0 Å². The van der Waals surface area contributed by atoms with Gasteiger partial charge >= 0.3 is 5.97 Å². The quantitative estimate of drug-likeness (QED) is 0.479. The van der Waals surface area contributed by atoms with Crippen molar-refractivity contribution in [1.82, 2.24) is 4.57 Å². The molecule has 1 heterocycles. The Hall–Kier alpha value is -3.86. The van der Waals surface area contributed by atoms with E-state index < -0.39 is 5.97 Å². The molecule has 1 aromatic heterocycles. The number of aryl methyl sites for hydroxylation is 1. The van der Waals surface area contributed by atoms with Crippen molar-refractivity contribution in [3.63, 3.8) is 0 Å². The second-order valence-electron chi connectivity index (χ2n) is 7.16. The molecule has 0 unspecified atom stereocenters. The topological polar surface area (TPSA) is 60.3 Å². The van der Waals surface area contributed by atoms with Crippen molar-refractivity contribution in [3.05, 3.63) is 101 Å². The van der Waals surface area contributed by atoms with E-state index in [1.54, 1.807) is 24.3 Å². The van der Waals surface area contributed by atoms with E-state index in [0.717, 1.165) is 16.5 Å². The van der Waals surface area contributed by atoms with Gasteiger partial charge in [0.15, 0.2) is 0 Å². The minimum atomic E-state index is -0.493. The molecule has 0 aliphatic rings. The Bertz CT molecular complexity index is 1220. The van der Waals surface area contributed by atoms with E-state index in [4.69, 9.17) is 4.74 Å². The molecule has 5 nitrogen and oxygen atoms in total. The molecule has 0 spiro atoms. The summed E-state index contributed by atoms with van der Waals surface area (Å²) in [6.07, 6.45) is 1.86. The number of benzene rings is 3. The lowest BCUT2D eigenvalue weighted by atomic mass is 10.1. The fourth-order valence-corrected chi connectivity index (χ4v) is 3.52. The normalized spacial score (nSPS) is 10.7. The molecule has 150 valence electrons. The maximum absolute atomic E-state index is 13.1. The molecule has 4 aromatic rings. The number of hydrogen-bond donors (Lipinski definition) is 1. The van der Waals surface area contributed by atoms with Gasteiger partial charge < -0.3 is 14.6 Å². The van der Waals surface area contributed by atoms with Gasteiger partial charge in [0.2, 0.25) is 0 Å². The van der Waals surface area contributed by atoms with Crippen LogP contribution in [-0.2, 0) is 11.3 Å². The van der Waals surface area contributed by atoms with Crippen LogP contribution < -0.4 is 5.32 Å². The number of hydrogen-bond acceptors (Lipinski definition) is 3. The number of amides is 1. The SMILES string of the molecule is COC(=O)c1ccccc1NC(=O)c1cn(Cc2ccc(C)cc2)c2ccccc12. The summed E-state index contributed by atoms with van der Waals surface area (Å²) in [4.78, 5) is 25.1. The second kappa shape index (κ2) is 8.25. The number of esters is 1. The zero-order valence-corrected chi connectivity index (χ0v) is 16.9. The summed E-state index contributed by atoms with van der Waals surface area (Å²) in [6, 6.07) is 23.0. The molecular formula is C25H22N2O3.